The first-order chi connectivity index (χ1) is 18.7. The summed E-state index contributed by atoms with van der Waals surface area (Å²) in [7, 11) is -3.83. The average Bonchev–Trinajstić information content (AvgIpc) is 3.40. The second-order valence-electron chi connectivity index (χ2n) is 10.2. The molecule has 0 aromatic heterocycles. The van der Waals surface area contributed by atoms with Gasteiger partial charge in [-0.25, -0.2) is 8.42 Å². The van der Waals surface area contributed by atoms with Gasteiger partial charge in [0.25, 0.3) is 0 Å². The van der Waals surface area contributed by atoms with Crippen molar-refractivity contribution in [1.29, 1.82) is 0 Å². The summed E-state index contributed by atoms with van der Waals surface area (Å²) in [5, 5.41) is 3.16. The van der Waals surface area contributed by atoms with Crippen molar-refractivity contribution in [2.24, 2.45) is 0 Å². The highest BCUT2D eigenvalue weighted by Gasteiger charge is 2.34. The summed E-state index contributed by atoms with van der Waals surface area (Å²) < 4.78 is 38.3. The molecule has 0 saturated heterocycles. The number of nitrogens with zero attached hydrogens (tertiary/aromatic N) is 2. The average molecular weight is 558 g/mol. The molecule has 1 N–H and O–H groups in total. The Morgan fingerprint density at radius 1 is 1.03 bits per heavy atom. The molecule has 0 bridgehead atoms. The maximum absolute atomic E-state index is 14.0. The molecule has 9 nitrogen and oxygen atoms in total. The third-order valence-electron chi connectivity index (χ3n) is 7.40. The molecular formula is C29H39N3O6S. The van der Waals surface area contributed by atoms with E-state index in [1.807, 2.05) is 38.1 Å². The Balaban J connectivity index is 1.64. The number of amides is 2. The number of sulfonamides is 1. The molecule has 2 aliphatic rings. The summed E-state index contributed by atoms with van der Waals surface area (Å²) in [5.74, 6) is 0.109. The number of fused-ring (bicyclic) bond motifs is 1. The molecule has 2 aromatic carbocycles. The molecule has 1 atom stereocenters. The Labute approximate surface area is 231 Å². The van der Waals surface area contributed by atoms with Crippen LogP contribution < -0.4 is 19.1 Å². The summed E-state index contributed by atoms with van der Waals surface area (Å²) in [4.78, 5) is 29.0. The quantitative estimate of drug-likeness (QED) is 0.445. The van der Waals surface area contributed by atoms with E-state index < -0.39 is 28.5 Å². The lowest BCUT2D eigenvalue weighted by atomic mass is 9.95. The summed E-state index contributed by atoms with van der Waals surface area (Å²) >= 11 is 0. The summed E-state index contributed by atoms with van der Waals surface area (Å²) in [5.41, 5.74) is 2.22. The molecule has 1 saturated carbocycles. The highest BCUT2D eigenvalue weighted by atomic mass is 32.2. The first kappa shape index (κ1) is 28.7. The van der Waals surface area contributed by atoms with Gasteiger partial charge in [0.2, 0.25) is 28.6 Å². The van der Waals surface area contributed by atoms with Crippen molar-refractivity contribution in [2.45, 2.75) is 77.9 Å². The van der Waals surface area contributed by atoms with Crippen LogP contribution in [0.15, 0.2) is 42.5 Å². The number of carbonyl (C=O) groups is 2. The molecule has 0 radical (unpaired) electrons. The number of hydrogen-bond donors (Lipinski definition) is 1. The molecule has 39 heavy (non-hydrogen) atoms. The van der Waals surface area contributed by atoms with Gasteiger partial charge >= 0.3 is 0 Å². The van der Waals surface area contributed by atoms with Gasteiger partial charge in [0, 0.05) is 18.7 Å². The molecule has 2 amide bonds. The summed E-state index contributed by atoms with van der Waals surface area (Å²) in [6, 6.07) is 11.9. The monoisotopic (exact) mass is 557 g/mol. The zero-order valence-corrected chi connectivity index (χ0v) is 23.8. The van der Waals surface area contributed by atoms with Crippen molar-refractivity contribution < 1.29 is 27.5 Å². The van der Waals surface area contributed by atoms with Crippen molar-refractivity contribution in [3.05, 3.63) is 53.6 Å². The Morgan fingerprint density at radius 3 is 2.46 bits per heavy atom. The fourth-order valence-electron chi connectivity index (χ4n) is 5.23. The lowest BCUT2D eigenvalue weighted by molar-refractivity contribution is -0.140. The van der Waals surface area contributed by atoms with Crippen LogP contribution in [-0.4, -0.2) is 56.3 Å². The minimum Gasteiger partial charge on any atom is -0.454 e. The van der Waals surface area contributed by atoms with Gasteiger partial charge in [-0.3, -0.25) is 13.9 Å². The molecule has 4 rings (SSSR count). The number of carbonyl (C=O) groups excluding carboxylic acids is 2. The summed E-state index contributed by atoms with van der Waals surface area (Å²) in [6.45, 7) is 5.19. The maximum Gasteiger partial charge on any atom is 0.244 e. The number of aryl methyl sites for hydroxylation is 1. The number of benzene rings is 2. The Hall–Kier alpha value is -3.27. The molecule has 212 valence electrons. The molecule has 10 heteroatoms. The van der Waals surface area contributed by atoms with E-state index in [0.29, 0.717) is 23.6 Å². The zero-order chi connectivity index (χ0) is 28.0. The van der Waals surface area contributed by atoms with Crippen molar-refractivity contribution in [1.82, 2.24) is 10.2 Å². The van der Waals surface area contributed by atoms with Crippen molar-refractivity contribution in [2.75, 3.05) is 23.4 Å². The predicted molar refractivity (Wildman–Crippen MR) is 150 cm³/mol. The summed E-state index contributed by atoms with van der Waals surface area (Å²) in [6.07, 6.45) is 5.59. The van der Waals surface area contributed by atoms with E-state index in [0.717, 1.165) is 41.1 Å². The van der Waals surface area contributed by atoms with Crippen LogP contribution >= 0.6 is 0 Å². The number of rotatable bonds is 11. The van der Waals surface area contributed by atoms with Crippen LogP contribution in [0.1, 0.15) is 63.5 Å². The van der Waals surface area contributed by atoms with E-state index in [9.17, 15) is 18.0 Å². The van der Waals surface area contributed by atoms with E-state index in [1.165, 1.54) is 18.2 Å². The standard InChI is InChI=1S/C29H39N3O6S/c1-4-25(29(34)30-23-12-7-6-8-13-23)31(18-22-11-9-10-21(3)16-22)28(33)19-32(39(35,36)5-2)24-14-15-26-27(17-24)38-20-37-26/h9-11,14-17,23,25H,4-8,12-13,18-20H2,1-3H3,(H,30,34)/t25-/m0/s1. The minimum absolute atomic E-state index is 0.0524. The molecule has 2 aromatic rings. The van der Waals surface area contributed by atoms with Gasteiger partial charge in [-0.1, -0.05) is 56.0 Å². The largest absolute Gasteiger partial charge is 0.454 e. The van der Waals surface area contributed by atoms with Gasteiger partial charge in [0.1, 0.15) is 12.6 Å². The molecule has 1 aliphatic carbocycles. The number of ether oxygens (including phenoxy) is 2. The van der Waals surface area contributed by atoms with Crippen LogP contribution in [0.25, 0.3) is 0 Å². The number of hydrogen-bond acceptors (Lipinski definition) is 6. The fourth-order valence-corrected chi connectivity index (χ4v) is 6.28. The van der Waals surface area contributed by atoms with E-state index in [4.69, 9.17) is 9.47 Å². The van der Waals surface area contributed by atoms with Crippen LogP contribution in [0.2, 0.25) is 0 Å². The maximum atomic E-state index is 14.0. The lowest BCUT2D eigenvalue weighted by Gasteiger charge is -2.34. The first-order valence-corrected chi connectivity index (χ1v) is 15.4. The highest BCUT2D eigenvalue weighted by Crippen LogP contribution is 2.36. The predicted octanol–water partition coefficient (Wildman–Crippen LogP) is 4.14. The van der Waals surface area contributed by atoms with Crippen LogP contribution in [0, 0.1) is 6.92 Å². The van der Waals surface area contributed by atoms with E-state index in [2.05, 4.69) is 5.32 Å². The minimum atomic E-state index is -3.83. The Kier molecular flexibility index (Phi) is 9.37. The van der Waals surface area contributed by atoms with Gasteiger partial charge in [-0.05, 0) is 50.8 Å². The van der Waals surface area contributed by atoms with Gasteiger partial charge in [0.05, 0.1) is 11.4 Å². The lowest BCUT2D eigenvalue weighted by Crippen LogP contribution is -2.54. The fraction of sp³-hybridized carbons (Fsp3) is 0.517. The number of anilines is 1. The van der Waals surface area contributed by atoms with Crippen LogP contribution in [-0.2, 0) is 26.2 Å². The van der Waals surface area contributed by atoms with Crippen molar-refractivity contribution >= 4 is 27.5 Å². The van der Waals surface area contributed by atoms with Crippen molar-refractivity contribution in [3.63, 3.8) is 0 Å². The molecule has 1 aliphatic heterocycles. The van der Waals surface area contributed by atoms with E-state index in [-0.39, 0.29) is 31.0 Å². The zero-order valence-electron chi connectivity index (χ0n) is 23.0. The van der Waals surface area contributed by atoms with Crippen molar-refractivity contribution in [3.8, 4) is 11.5 Å². The highest BCUT2D eigenvalue weighted by molar-refractivity contribution is 7.92. The molecule has 1 heterocycles. The third-order valence-corrected chi connectivity index (χ3v) is 9.14. The van der Waals surface area contributed by atoms with E-state index >= 15 is 0 Å². The Bertz CT molecular complexity index is 1280. The molecule has 0 unspecified atom stereocenters. The molecule has 0 spiro atoms. The topological polar surface area (TPSA) is 105 Å². The van der Waals surface area contributed by atoms with Gasteiger partial charge < -0.3 is 19.7 Å². The van der Waals surface area contributed by atoms with Gasteiger partial charge in [-0.15, -0.1) is 0 Å². The smallest absolute Gasteiger partial charge is 0.244 e. The number of nitrogens with one attached hydrogen (secondary N) is 1. The normalized spacial score (nSPS) is 16.0. The SMILES string of the molecule is CC[C@@H](C(=O)NC1CCCCC1)N(Cc1cccc(C)c1)C(=O)CN(c1ccc2c(c1)OCO2)S(=O)(=O)CC. The third kappa shape index (κ3) is 7.03. The van der Waals surface area contributed by atoms with Gasteiger partial charge in [0.15, 0.2) is 11.5 Å². The van der Waals surface area contributed by atoms with Gasteiger partial charge in [-0.2, -0.15) is 0 Å². The Morgan fingerprint density at radius 2 is 1.77 bits per heavy atom. The van der Waals surface area contributed by atoms with Crippen LogP contribution in [0.5, 0.6) is 11.5 Å². The van der Waals surface area contributed by atoms with E-state index in [1.54, 1.807) is 18.2 Å². The van der Waals surface area contributed by atoms with Crippen LogP contribution in [0.4, 0.5) is 5.69 Å². The molecule has 1 fully saturated rings. The first-order valence-electron chi connectivity index (χ1n) is 13.8. The second kappa shape index (κ2) is 12.7. The second-order valence-corrected chi connectivity index (χ2v) is 12.4. The van der Waals surface area contributed by atoms with Crippen LogP contribution in [0.3, 0.4) is 0 Å². The molecular weight excluding hydrogens is 518 g/mol.